The third-order valence-electron chi connectivity index (χ3n) is 5.34. The molecule has 150 valence electrons. The Hall–Kier alpha value is -2.41. The summed E-state index contributed by atoms with van der Waals surface area (Å²) in [5.41, 5.74) is 0.0292. The Kier molecular flexibility index (Phi) is 6.03. The van der Waals surface area contributed by atoms with Gasteiger partial charge in [-0.3, -0.25) is 24.2 Å². The maximum atomic E-state index is 13.1. The molecule has 1 heterocycles. The Balaban J connectivity index is 1.79. The van der Waals surface area contributed by atoms with Gasteiger partial charge in [0.15, 0.2) is 0 Å². The number of nitrogens with zero attached hydrogens (tertiary/aromatic N) is 2. The monoisotopic (exact) mass is 406 g/mol. The van der Waals surface area contributed by atoms with E-state index < -0.39 is 29.4 Å². The van der Waals surface area contributed by atoms with Crippen LogP contribution in [0.2, 0.25) is 5.02 Å². The van der Waals surface area contributed by atoms with E-state index in [9.17, 15) is 19.2 Å². The number of imide groups is 2. The number of amides is 4. The highest BCUT2D eigenvalue weighted by Crippen LogP contribution is 2.38. The molecule has 1 saturated carbocycles. The van der Waals surface area contributed by atoms with Gasteiger partial charge in [0.1, 0.15) is 13.0 Å². The van der Waals surface area contributed by atoms with Crippen LogP contribution in [0.3, 0.4) is 0 Å². The topological polar surface area (TPSA) is 84.0 Å². The SMILES string of the molecule is CC(=O)OCC1(N2C(=O)CC(=O)N(CCc3cccc(Cl)c3)C2=O)CCCC1. The van der Waals surface area contributed by atoms with E-state index in [2.05, 4.69) is 0 Å². The number of carbonyl (C=O) groups excluding carboxylic acids is 4. The van der Waals surface area contributed by atoms with Crippen LogP contribution in [0.1, 0.15) is 44.6 Å². The zero-order valence-electron chi connectivity index (χ0n) is 15.8. The summed E-state index contributed by atoms with van der Waals surface area (Å²) in [6.07, 6.45) is 2.87. The Labute approximate surface area is 168 Å². The standard InChI is InChI=1S/C20H23ClN2O5/c1-14(24)28-13-20(8-2-3-9-20)23-18(26)12-17(25)22(19(23)27)10-7-15-5-4-6-16(21)11-15/h4-6,11H,2-3,7-10,12-13H2,1H3. The van der Waals surface area contributed by atoms with Crippen molar-refractivity contribution in [2.24, 2.45) is 0 Å². The van der Waals surface area contributed by atoms with E-state index >= 15 is 0 Å². The lowest BCUT2D eigenvalue weighted by atomic mass is 9.94. The highest BCUT2D eigenvalue weighted by molar-refractivity contribution is 6.30. The summed E-state index contributed by atoms with van der Waals surface area (Å²) in [6.45, 7) is 1.42. The lowest BCUT2D eigenvalue weighted by Crippen LogP contribution is -2.64. The third kappa shape index (κ3) is 4.19. The van der Waals surface area contributed by atoms with Crippen molar-refractivity contribution in [2.45, 2.75) is 51.0 Å². The summed E-state index contributed by atoms with van der Waals surface area (Å²) in [4.78, 5) is 51.7. The number of hydrogen-bond acceptors (Lipinski definition) is 5. The molecule has 1 aliphatic heterocycles. The molecule has 0 spiro atoms. The molecule has 1 saturated heterocycles. The molecule has 7 nitrogen and oxygen atoms in total. The number of barbiturate groups is 1. The second kappa shape index (κ2) is 8.31. The van der Waals surface area contributed by atoms with Gasteiger partial charge < -0.3 is 4.74 Å². The number of halogens is 1. The molecule has 2 aliphatic rings. The van der Waals surface area contributed by atoms with Crippen molar-refractivity contribution in [2.75, 3.05) is 13.2 Å². The molecule has 28 heavy (non-hydrogen) atoms. The molecule has 0 N–H and O–H groups in total. The average Bonchev–Trinajstić information content (AvgIpc) is 3.09. The van der Waals surface area contributed by atoms with Crippen LogP contribution in [0.15, 0.2) is 24.3 Å². The molecule has 4 amide bonds. The first kappa shape index (κ1) is 20.3. The van der Waals surface area contributed by atoms with Gasteiger partial charge in [0.05, 0.1) is 5.54 Å². The van der Waals surface area contributed by atoms with Crippen molar-refractivity contribution < 1.29 is 23.9 Å². The number of urea groups is 1. The molecule has 8 heteroatoms. The van der Waals surface area contributed by atoms with Crippen molar-refractivity contribution in [3.05, 3.63) is 34.9 Å². The molecule has 3 rings (SSSR count). The summed E-state index contributed by atoms with van der Waals surface area (Å²) in [7, 11) is 0. The van der Waals surface area contributed by atoms with E-state index in [-0.39, 0.29) is 19.6 Å². The first-order valence-corrected chi connectivity index (χ1v) is 9.75. The van der Waals surface area contributed by atoms with E-state index in [0.717, 1.165) is 23.3 Å². The van der Waals surface area contributed by atoms with Gasteiger partial charge in [0.2, 0.25) is 11.8 Å². The minimum absolute atomic E-state index is 0.0316. The number of rotatable bonds is 6. The van der Waals surface area contributed by atoms with Crippen LogP contribution >= 0.6 is 11.6 Å². The normalized spacial score (nSPS) is 19.3. The van der Waals surface area contributed by atoms with Crippen LogP contribution in [0.4, 0.5) is 4.79 Å². The number of esters is 1. The molecule has 0 atom stereocenters. The van der Waals surface area contributed by atoms with Gasteiger partial charge >= 0.3 is 12.0 Å². The van der Waals surface area contributed by atoms with Crippen LogP contribution in [-0.2, 0) is 25.5 Å². The van der Waals surface area contributed by atoms with Crippen LogP contribution < -0.4 is 0 Å². The van der Waals surface area contributed by atoms with E-state index in [1.165, 1.54) is 11.8 Å². The van der Waals surface area contributed by atoms with Crippen molar-refractivity contribution >= 4 is 35.4 Å². The smallest absolute Gasteiger partial charge is 0.334 e. The zero-order chi connectivity index (χ0) is 20.3. The minimum Gasteiger partial charge on any atom is -0.463 e. The highest BCUT2D eigenvalue weighted by Gasteiger charge is 2.51. The number of hydrogen-bond donors (Lipinski definition) is 0. The Morgan fingerprint density at radius 2 is 1.89 bits per heavy atom. The Bertz CT molecular complexity index is 804. The number of ether oxygens (including phenoxy) is 1. The van der Waals surface area contributed by atoms with Crippen molar-refractivity contribution in [1.82, 2.24) is 9.80 Å². The molecule has 0 bridgehead atoms. The highest BCUT2D eigenvalue weighted by atomic mass is 35.5. The predicted molar refractivity (Wildman–Crippen MR) is 102 cm³/mol. The van der Waals surface area contributed by atoms with Gasteiger partial charge in [-0.15, -0.1) is 0 Å². The minimum atomic E-state index is -0.866. The van der Waals surface area contributed by atoms with E-state index in [0.29, 0.717) is 24.3 Å². The van der Waals surface area contributed by atoms with Gasteiger partial charge in [-0.25, -0.2) is 4.79 Å². The van der Waals surface area contributed by atoms with Gasteiger partial charge in [-0.05, 0) is 37.0 Å². The second-order valence-electron chi connectivity index (χ2n) is 7.33. The van der Waals surface area contributed by atoms with Crippen LogP contribution in [0.25, 0.3) is 0 Å². The molecule has 1 aliphatic carbocycles. The Morgan fingerprint density at radius 1 is 1.18 bits per heavy atom. The summed E-state index contributed by atoms with van der Waals surface area (Å²) in [6, 6.07) is 6.58. The molecular weight excluding hydrogens is 384 g/mol. The van der Waals surface area contributed by atoms with Gasteiger partial charge in [-0.1, -0.05) is 36.6 Å². The predicted octanol–water partition coefficient (Wildman–Crippen LogP) is 2.94. The number of benzene rings is 1. The third-order valence-corrected chi connectivity index (χ3v) is 5.58. The van der Waals surface area contributed by atoms with E-state index in [1.54, 1.807) is 18.2 Å². The fraction of sp³-hybridized carbons (Fsp3) is 0.500. The first-order valence-electron chi connectivity index (χ1n) is 9.38. The quantitative estimate of drug-likeness (QED) is 0.535. The molecule has 2 fully saturated rings. The second-order valence-corrected chi connectivity index (χ2v) is 7.76. The summed E-state index contributed by atoms with van der Waals surface area (Å²) < 4.78 is 5.18. The molecule has 1 aromatic carbocycles. The van der Waals surface area contributed by atoms with Crippen LogP contribution in [0, 0.1) is 0 Å². The summed E-state index contributed by atoms with van der Waals surface area (Å²) in [5, 5.41) is 0.580. The molecule has 1 aromatic rings. The van der Waals surface area contributed by atoms with E-state index in [1.807, 2.05) is 6.07 Å². The number of carbonyl (C=O) groups is 4. The summed E-state index contributed by atoms with van der Waals surface area (Å²) in [5.74, 6) is -1.49. The maximum absolute atomic E-state index is 13.1. The first-order chi connectivity index (χ1) is 13.3. The van der Waals surface area contributed by atoms with Crippen molar-refractivity contribution in [3.63, 3.8) is 0 Å². The summed E-state index contributed by atoms with van der Waals surface area (Å²) >= 11 is 5.99. The van der Waals surface area contributed by atoms with Gasteiger partial charge in [0.25, 0.3) is 0 Å². The maximum Gasteiger partial charge on any atom is 0.334 e. The van der Waals surface area contributed by atoms with Crippen molar-refractivity contribution in [1.29, 1.82) is 0 Å². The molecule has 0 unspecified atom stereocenters. The molecule has 0 aromatic heterocycles. The largest absolute Gasteiger partial charge is 0.463 e. The lowest BCUT2D eigenvalue weighted by molar-refractivity contribution is -0.154. The molecular formula is C20H23ClN2O5. The average molecular weight is 407 g/mol. The Morgan fingerprint density at radius 3 is 2.54 bits per heavy atom. The van der Waals surface area contributed by atoms with Crippen LogP contribution in [0.5, 0.6) is 0 Å². The van der Waals surface area contributed by atoms with Gasteiger partial charge in [0, 0.05) is 18.5 Å². The van der Waals surface area contributed by atoms with E-state index in [4.69, 9.17) is 16.3 Å². The molecule has 0 radical (unpaired) electrons. The van der Waals surface area contributed by atoms with Crippen LogP contribution in [-0.4, -0.2) is 52.3 Å². The zero-order valence-corrected chi connectivity index (χ0v) is 16.5. The fourth-order valence-electron chi connectivity index (χ4n) is 3.96. The lowest BCUT2D eigenvalue weighted by Gasteiger charge is -2.43. The van der Waals surface area contributed by atoms with Crippen molar-refractivity contribution in [3.8, 4) is 0 Å². The fourth-order valence-corrected chi connectivity index (χ4v) is 4.17. The van der Waals surface area contributed by atoms with Gasteiger partial charge in [-0.2, -0.15) is 0 Å².